The van der Waals surface area contributed by atoms with Crippen molar-refractivity contribution in [2.24, 2.45) is 5.73 Å². The van der Waals surface area contributed by atoms with Gasteiger partial charge >= 0.3 is 0 Å². The third kappa shape index (κ3) is 1.23. The van der Waals surface area contributed by atoms with Crippen molar-refractivity contribution in [2.75, 3.05) is 0 Å². The second-order valence-corrected chi connectivity index (χ2v) is 1.85. The molecule has 0 aromatic carbocycles. The van der Waals surface area contributed by atoms with Crippen molar-refractivity contribution in [1.82, 2.24) is 10.2 Å². The quantitative estimate of drug-likeness (QED) is 0.582. The number of rotatable bonds is 1. The van der Waals surface area contributed by atoms with Gasteiger partial charge in [-0.25, -0.2) is 0 Å². The summed E-state index contributed by atoms with van der Waals surface area (Å²) < 4.78 is 0. The number of aryl methyl sites for hydroxylation is 1. The SMILES string of the molecule is Cc1nnccc1CN. The lowest BCUT2D eigenvalue weighted by Gasteiger charge is -1.96. The molecule has 0 atom stereocenters. The fraction of sp³-hybridized carbons (Fsp3) is 0.333. The van der Waals surface area contributed by atoms with E-state index in [4.69, 9.17) is 5.73 Å². The zero-order chi connectivity index (χ0) is 6.69. The minimum absolute atomic E-state index is 0.543. The molecule has 2 N–H and O–H groups in total. The number of nitrogens with zero attached hydrogens (tertiary/aromatic N) is 2. The van der Waals surface area contributed by atoms with E-state index in [1.165, 1.54) is 0 Å². The Morgan fingerprint density at radius 3 is 2.89 bits per heavy atom. The first-order chi connectivity index (χ1) is 4.34. The van der Waals surface area contributed by atoms with Gasteiger partial charge in [0.1, 0.15) is 0 Å². The van der Waals surface area contributed by atoms with Crippen LogP contribution in [0, 0.1) is 6.92 Å². The van der Waals surface area contributed by atoms with Gasteiger partial charge in [0.25, 0.3) is 0 Å². The normalized spacial score (nSPS) is 9.56. The van der Waals surface area contributed by atoms with E-state index in [1.807, 2.05) is 13.0 Å². The molecule has 0 spiro atoms. The van der Waals surface area contributed by atoms with Gasteiger partial charge in [-0.05, 0) is 18.6 Å². The maximum absolute atomic E-state index is 5.38. The Kier molecular flexibility index (Phi) is 1.75. The minimum Gasteiger partial charge on any atom is -0.326 e. The molecule has 48 valence electrons. The third-order valence-corrected chi connectivity index (χ3v) is 1.23. The van der Waals surface area contributed by atoms with Gasteiger partial charge in [0.05, 0.1) is 5.69 Å². The minimum atomic E-state index is 0.543. The zero-order valence-corrected chi connectivity index (χ0v) is 5.33. The number of hydrogen-bond acceptors (Lipinski definition) is 3. The second-order valence-electron chi connectivity index (χ2n) is 1.85. The van der Waals surface area contributed by atoms with Gasteiger partial charge in [-0.1, -0.05) is 0 Å². The van der Waals surface area contributed by atoms with Gasteiger partial charge in [0.15, 0.2) is 0 Å². The summed E-state index contributed by atoms with van der Waals surface area (Å²) in [5.41, 5.74) is 7.36. The van der Waals surface area contributed by atoms with E-state index in [-0.39, 0.29) is 0 Å². The van der Waals surface area contributed by atoms with Crippen LogP contribution in [0.4, 0.5) is 0 Å². The monoisotopic (exact) mass is 123 g/mol. The topological polar surface area (TPSA) is 51.8 Å². The Hall–Kier alpha value is -0.960. The molecule has 1 rings (SSSR count). The van der Waals surface area contributed by atoms with E-state index in [9.17, 15) is 0 Å². The van der Waals surface area contributed by atoms with Gasteiger partial charge in [-0.3, -0.25) is 0 Å². The van der Waals surface area contributed by atoms with Crippen LogP contribution in [0.5, 0.6) is 0 Å². The Morgan fingerprint density at radius 1 is 1.67 bits per heavy atom. The van der Waals surface area contributed by atoms with Crippen LogP contribution in [0.15, 0.2) is 12.3 Å². The summed E-state index contributed by atoms with van der Waals surface area (Å²) >= 11 is 0. The lowest BCUT2D eigenvalue weighted by atomic mass is 10.2. The largest absolute Gasteiger partial charge is 0.326 e. The van der Waals surface area contributed by atoms with Crippen molar-refractivity contribution in [3.63, 3.8) is 0 Å². The molecule has 0 unspecified atom stereocenters. The molecular weight excluding hydrogens is 114 g/mol. The highest BCUT2D eigenvalue weighted by molar-refractivity contribution is 5.14. The Morgan fingerprint density at radius 2 is 2.44 bits per heavy atom. The van der Waals surface area contributed by atoms with Crippen molar-refractivity contribution >= 4 is 0 Å². The highest BCUT2D eigenvalue weighted by Gasteiger charge is 1.92. The summed E-state index contributed by atoms with van der Waals surface area (Å²) in [6.07, 6.45) is 1.65. The zero-order valence-electron chi connectivity index (χ0n) is 5.33. The summed E-state index contributed by atoms with van der Waals surface area (Å²) in [7, 11) is 0. The third-order valence-electron chi connectivity index (χ3n) is 1.23. The molecule has 3 nitrogen and oxygen atoms in total. The standard InChI is InChI=1S/C6H9N3/c1-5-6(4-7)2-3-8-9-5/h2-3H,4,7H2,1H3. The first-order valence-corrected chi connectivity index (χ1v) is 2.82. The van der Waals surface area contributed by atoms with Crippen LogP contribution in [-0.4, -0.2) is 10.2 Å². The number of aromatic nitrogens is 2. The van der Waals surface area contributed by atoms with Gasteiger partial charge < -0.3 is 5.73 Å². The molecule has 1 aromatic heterocycles. The maximum atomic E-state index is 5.38. The molecule has 0 aliphatic carbocycles. The fourth-order valence-corrected chi connectivity index (χ4v) is 0.644. The van der Waals surface area contributed by atoms with Gasteiger partial charge in [0, 0.05) is 12.7 Å². The molecule has 0 bridgehead atoms. The molecule has 0 saturated heterocycles. The molecule has 9 heavy (non-hydrogen) atoms. The van der Waals surface area contributed by atoms with E-state index in [1.54, 1.807) is 6.20 Å². The molecule has 0 radical (unpaired) electrons. The van der Waals surface area contributed by atoms with Crippen LogP contribution in [-0.2, 0) is 6.54 Å². The molecular formula is C6H9N3. The lowest BCUT2D eigenvalue weighted by Crippen LogP contribution is -2.00. The van der Waals surface area contributed by atoms with Crippen molar-refractivity contribution in [2.45, 2.75) is 13.5 Å². The summed E-state index contributed by atoms with van der Waals surface area (Å²) in [6, 6.07) is 1.88. The van der Waals surface area contributed by atoms with Crippen molar-refractivity contribution in [1.29, 1.82) is 0 Å². The smallest absolute Gasteiger partial charge is 0.0644 e. The first-order valence-electron chi connectivity index (χ1n) is 2.82. The van der Waals surface area contributed by atoms with Crippen LogP contribution >= 0.6 is 0 Å². The van der Waals surface area contributed by atoms with Crippen LogP contribution in [0.2, 0.25) is 0 Å². The van der Waals surface area contributed by atoms with Crippen molar-refractivity contribution in [3.05, 3.63) is 23.5 Å². The molecule has 0 aliphatic rings. The molecule has 1 heterocycles. The molecule has 0 fully saturated rings. The molecule has 1 aromatic rings. The summed E-state index contributed by atoms with van der Waals surface area (Å²) in [6.45, 7) is 2.44. The Balaban J connectivity index is 3.01. The average molecular weight is 123 g/mol. The number of nitrogens with two attached hydrogens (primary N) is 1. The fourth-order valence-electron chi connectivity index (χ4n) is 0.644. The predicted octanol–water partition coefficient (Wildman–Crippen LogP) is 0.244. The number of hydrogen-bond donors (Lipinski definition) is 1. The van der Waals surface area contributed by atoms with Crippen LogP contribution in [0.3, 0.4) is 0 Å². The van der Waals surface area contributed by atoms with E-state index < -0.39 is 0 Å². The van der Waals surface area contributed by atoms with Gasteiger partial charge in [-0.2, -0.15) is 10.2 Å². The summed E-state index contributed by atoms with van der Waals surface area (Å²) in [4.78, 5) is 0. The second kappa shape index (κ2) is 2.55. The van der Waals surface area contributed by atoms with E-state index >= 15 is 0 Å². The van der Waals surface area contributed by atoms with E-state index in [0.717, 1.165) is 11.3 Å². The lowest BCUT2D eigenvalue weighted by molar-refractivity contribution is 0.919. The van der Waals surface area contributed by atoms with Crippen LogP contribution in [0.25, 0.3) is 0 Å². The Bertz CT molecular complexity index is 197. The van der Waals surface area contributed by atoms with E-state index in [0.29, 0.717) is 6.54 Å². The molecule has 0 amide bonds. The predicted molar refractivity (Wildman–Crippen MR) is 34.7 cm³/mol. The summed E-state index contributed by atoms with van der Waals surface area (Å²) in [5.74, 6) is 0. The molecule has 0 saturated carbocycles. The van der Waals surface area contributed by atoms with E-state index in [2.05, 4.69) is 10.2 Å². The first kappa shape index (κ1) is 6.16. The average Bonchev–Trinajstić information content (AvgIpc) is 1.89. The maximum Gasteiger partial charge on any atom is 0.0644 e. The van der Waals surface area contributed by atoms with Crippen LogP contribution < -0.4 is 5.73 Å². The van der Waals surface area contributed by atoms with Gasteiger partial charge in [0.2, 0.25) is 0 Å². The van der Waals surface area contributed by atoms with Crippen molar-refractivity contribution in [3.8, 4) is 0 Å². The van der Waals surface area contributed by atoms with Crippen LogP contribution in [0.1, 0.15) is 11.3 Å². The highest BCUT2D eigenvalue weighted by atomic mass is 15.1. The molecule has 3 heteroatoms. The molecule has 0 aliphatic heterocycles. The van der Waals surface area contributed by atoms with Gasteiger partial charge in [-0.15, -0.1) is 0 Å². The summed E-state index contributed by atoms with van der Waals surface area (Å²) in [5, 5.41) is 7.51. The Labute approximate surface area is 53.9 Å². The highest BCUT2D eigenvalue weighted by Crippen LogP contribution is 1.98. The van der Waals surface area contributed by atoms with Crippen molar-refractivity contribution < 1.29 is 0 Å².